The fourth-order valence-corrected chi connectivity index (χ4v) is 0.399. The van der Waals surface area contributed by atoms with Crippen molar-refractivity contribution < 1.29 is 4.79 Å². The largest absolute Gasteiger partial charge is 0.337 e. The van der Waals surface area contributed by atoms with E-state index >= 15 is 0 Å². The molecule has 0 unspecified atom stereocenters. The van der Waals surface area contributed by atoms with Crippen LogP contribution >= 0.6 is 11.6 Å². The van der Waals surface area contributed by atoms with Crippen LogP contribution in [0.4, 0.5) is 4.79 Å². The molecular formula is C5H9ClN2O. The van der Waals surface area contributed by atoms with Crippen LogP contribution in [-0.2, 0) is 0 Å². The molecule has 0 aromatic heterocycles. The minimum Gasteiger partial charge on any atom is -0.337 e. The predicted octanol–water partition coefficient (Wildman–Crippen LogP) is 0.668. The zero-order valence-corrected chi connectivity index (χ0v) is 5.74. The highest BCUT2D eigenvalue weighted by Crippen LogP contribution is 1.69. The first-order chi connectivity index (χ1) is 4.31. The zero-order chi connectivity index (χ0) is 7.11. The number of alkyl halides is 1. The Balaban J connectivity index is 3.16. The number of carbonyl (C=O) groups excluding carboxylic acids is 1. The third-order valence-electron chi connectivity index (χ3n) is 0.613. The molecule has 3 nitrogen and oxygen atoms in total. The summed E-state index contributed by atoms with van der Waals surface area (Å²) < 4.78 is 0. The minimum absolute atomic E-state index is 0.273. The molecule has 52 valence electrons. The van der Waals surface area contributed by atoms with Gasteiger partial charge in [0.25, 0.3) is 0 Å². The van der Waals surface area contributed by atoms with Gasteiger partial charge in [0.05, 0.1) is 0 Å². The number of urea groups is 1. The van der Waals surface area contributed by atoms with E-state index in [0.717, 1.165) is 0 Å². The second-order valence-corrected chi connectivity index (χ2v) is 1.67. The van der Waals surface area contributed by atoms with Gasteiger partial charge in [-0.2, -0.15) is 0 Å². The molecule has 0 radical (unpaired) electrons. The van der Waals surface area contributed by atoms with E-state index in [9.17, 15) is 4.79 Å². The van der Waals surface area contributed by atoms with Gasteiger partial charge in [-0.15, -0.1) is 11.6 Å². The van der Waals surface area contributed by atoms with Crippen LogP contribution in [0.3, 0.4) is 0 Å². The third kappa shape index (κ3) is 5.17. The molecular weight excluding hydrogens is 140 g/mol. The quantitative estimate of drug-likeness (QED) is 0.568. The molecule has 0 atom stereocenters. The smallest absolute Gasteiger partial charge is 0.318 e. The van der Waals surface area contributed by atoms with Crippen molar-refractivity contribution in [2.75, 3.05) is 12.4 Å². The van der Waals surface area contributed by atoms with Crippen LogP contribution in [0.5, 0.6) is 0 Å². The number of nitrogens with one attached hydrogen (secondary N) is 2. The molecule has 2 N–H and O–H groups in total. The Bertz CT molecular complexity index is 105. The van der Waals surface area contributed by atoms with Crippen molar-refractivity contribution >= 4 is 17.6 Å². The highest BCUT2D eigenvalue weighted by molar-refractivity contribution is 6.18. The van der Waals surface area contributed by atoms with Crippen molar-refractivity contribution in [1.82, 2.24) is 10.6 Å². The van der Waals surface area contributed by atoms with Crippen molar-refractivity contribution in [3.8, 4) is 0 Å². The molecule has 0 spiro atoms. The lowest BCUT2D eigenvalue weighted by atomic mass is 10.7. The number of halogens is 1. The first kappa shape index (κ1) is 8.30. The summed E-state index contributed by atoms with van der Waals surface area (Å²) in [5, 5.41) is 4.82. The molecule has 0 aromatic rings. The van der Waals surface area contributed by atoms with Gasteiger partial charge in [-0.3, -0.25) is 0 Å². The van der Waals surface area contributed by atoms with Gasteiger partial charge < -0.3 is 10.6 Å². The molecule has 2 amide bonds. The van der Waals surface area contributed by atoms with E-state index in [4.69, 9.17) is 11.6 Å². The van der Waals surface area contributed by atoms with Crippen LogP contribution in [-0.4, -0.2) is 18.5 Å². The summed E-state index contributed by atoms with van der Waals surface area (Å²) in [4.78, 5) is 10.4. The maximum absolute atomic E-state index is 10.4. The minimum atomic E-state index is -0.273. The topological polar surface area (TPSA) is 41.1 Å². The van der Waals surface area contributed by atoms with Gasteiger partial charge in [0.1, 0.15) is 0 Å². The average Bonchev–Trinajstić information content (AvgIpc) is 1.85. The first-order valence-electron chi connectivity index (χ1n) is 2.52. The van der Waals surface area contributed by atoms with Crippen LogP contribution in [0.25, 0.3) is 0 Å². The van der Waals surface area contributed by atoms with E-state index in [2.05, 4.69) is 17.2 Å². The summed E-state index contributed by atoms with van der Waals surface area (Å²) in [5.74, 6) is 0.421. The lowest BCUT2D eigenvalue weighted by Gasteiger charge is -1.99. The van der Waals surface area contributed by atoms with Crippen LogP contribution in [0.2, 0.25) is 0 Å². The Hall–Kier alpha value is -0.700. The van der Waals surface area contributed by atoms with Gasteiger partial charge in [-0.05, 0) is 6.20 Å². The second-order valence-electron chi connectivity index (χ2n) is 1.29. The van der Waals surface area contributed by atoms with E-state index in [1.54, 1.807) is 0 Å². The maximum atomic E-state index is 10.4. The summed E-state index contributed by atoms with van der Waals surface area (Å²) in [6.45, 7) is 3.78. The number of hydrogen-bond acceptors (Lipinski definition) is 1. The molecule has 4 heteroatoms. The fourth-order valence-electron chi connectivity index (χ4n) is 0.305. The summed E-state index contributed by atoms with van der Waals surface area (Å²) >= 11 is 5.28. The van der Waals surface area contributed by atoms with Crippen molar-refractivity contribution in [1.29, 1.82) is 0 Å². The maximum Gasteiger partial charge on any atom is 0.318 e. The second kappa shape index (κ2) is 5.44. The van der Waals surface area contributed by atoms with Gasteiger partial charge in [-0.25, -0.2) is 4.79 Å². The highest BCUT2D eigenvalue weighted by Gasteiger charge is 1.91. The van der Waals surface area contributed by atoms with E-state index in [1.807, 2.05) is 0 Å². The normalized spacial score (nSPS) is 8.11. The molecule has 0 bridgehead atoms. The number of hydrogen-bond donors (Lipinski definition) is 2. The van der Waals surface area contributed by atoms with Crippen molar-refractivity contribution in [2.24, 2.45) is 0 Å². The lowest BCUT2D eigenvalue weighted by Crippen LogP contribution is -2.33. The van der Waals surface area contributed by atoms with E-state index in [-0.39, 0.29) is 6.03 Å². The summed E-state index contributed by atoms with van der Waals surface area (Å²) in [6.07, 6.45) is 1.31. The van der Waals surface area contributed by atoms with E-state index in [1.165, 1.54) is 6.20 Å². The van der Waals surface area contributed by atoms with Gasteiger partial charge in [0.15, 0.2) is 0 Å². The lowest BCUT2D eigenvalue weighted by molar-refractivity contribution is 0.244. The number of amides is 2. The standard InChI is InChI=1S/C5H9ClN2O/c1-2-7-5(9)8-4-3-6/h2H,1,3-4H2,(H2,7,8,9). The average molecular weight is 149 g/mol. The highest BCUT2D eigenvalue weighted by atomic mass is 35.5. The number of rotatable bonds is 3. The van der Waals surface area contributed by atoms with Crippen LogP contribution < -0.4 is 10.6 Å². The van der Waals surface area contributed by atoms with Gasteiger partial charge in [0.2, 0.25) is 0 Å². The SMILES string of the molecule is C=CNC(=O)NCCCl. The predicted molar refractivity (Wildman–Crippen MR) is 37.5 cm³/mol. The zero-order valence-electron chi connectivity index (χ0n) is 4.98. The summed E-state index contributed by atoms with van der Waals surface area (Å²) in [6, 6.07) is -0.273. The monoisotopic (exact) mass is 148 g/mol. The molecule has 0 heterocycles. The Kier molecular flexibility index (Phi) is 5.01. The van der Waals surface area contributed by atoms with Crippen molar-refractivity contribution in [3.05, 3.63) is 12.8 Å². The fraction of sp³-hybridized carbons (Fsp3) is 0.400. The molecule has 9 heavy (non-hydrogen) atoms. The van der Waals surface area contributed by atoms with Crippen molar-refractivity contribution in [3.63, 3.8) is 0 Å². The molecule has 0 aromatic carbocycles. The Morgan fingerprint density at radius 1 is 1.78 bits per heavy atom. The Morgan fingerprint density at radius 2 is 2.44 bits per heavy atom. The summed E-state index contributed by atoms with van der Waals surface area (Å²) in [5.41, 5.74) is 0. The van der Waals surface area contributed by atoms with Gasteiger partial charge >= 0.3 is 6.03 Å². The third-order valence-corrected chi connectivity index (χ3v) is 0.802. The van der Waals surface area contributed by atoms with E-state index in [0.29, 0.717) is 12.4 Å². The molecule has 0 rings (SSSR count). The molecule has 0 saturated heterocycles. The first-order valence-corrected chi connectivity index (χ1v) is 3.06. The molecule has 0 aliphatic rings. The Morgan fingerprint density at radius 3 is 2.89 bits per heavy atom. The molecule has 0 fully saturated rings. The van der Waals surface area contributed by atoms with Crippen molar-refractivity contribution in [2.45, 2.75) is 0 Å². The van der Waals surface area contributed by atoms with Gasteiger partial charge in [-0.1, -0.05) is 6.58 Å². The van der Waals surface area contributed by atoms with E-state index < -0.39 is 0 Å². The summed E-state index contributed by atoms with van der Waals surface area (Å²) in [7, 11) is 0. The van der Waals surface area contributed by atoms with Crippen LogP contribution in [0.15, 0.2) is 12.8 Å². The van der Waals surface area contributed by atoms with Crippen LogP contribution in [0, 0.1) is 0 Å². The Labute approximate surface area is 59.1 Å². The van der Waals surface area contributed by atoms with Gasteiger partial charge in [0, 0.05) is 12.4 Å². The molecule has 0 aliphatic carbocycles. The molecule has 0 saturated carbocycles. The van der Waals surface area contributed by atoms with Crippen LogP contribution in [0.1, 0.15) is 0 Å². The molecule has 0 aliphatic heterocycles. The number of carbonyl (C=O) groups is 1.